The quantitative estimate of drug-likeness (QED) is 0.818. The average Bonchev–Trinajstić information content (AvgIpc) is 2.85. The Morgan fingerprint density at radius 1 is 1.53 bits per heavy atom. The second-order valence-electron chi connectivity index (χ2n) is 4.30. The molecule has 1 aromatic rings. The van der Waals surface area contributed by atoms with E-state index in [0.29, 0.717) is 0 Å². The Hall–Kier alpha value is -1.36. The number of aliphatic hydroxyl groups is 1. The van der Waals surface area contributed by atoms with Gasteiger partial charge in [0.1, 0.15) is 18.0 Å². The molecule has 1 fully saturated rings. The predicted molar refractivity (Wildman–Crippen MR) is 68.4 cm³/mol. The second-order valence-corrected chi connectivity index (χ2v) is 4.30. The van der Waals surface area contributed by atoms with E-state index in [0.717, 1.165) is 43.0 Å². The fraction of sp³-hybridized carbons (Fsp3) is 0.667. The zero-order valence-corrected chi connectivity index (χ0v) is 10.5. The Morgan fingerprint density at radius 2 is 2.35 bits per heavy atom. The molecule has 2 N–H and O–H groups in total. The van der Waals surface area contributed by atoms with Crippen molar-refractivity contribution in [2.45, 2.75) is 32.2 Å². The summed E-state index contributed by atoms with van der Waals surface area (Å²) >= 11 is 0. The summed E-state index contributed by atoms with van der Waals surface area (Å²) < 4.78 is 0. The van der Waals surface area contributed by atoms with Crippen LogP contribution in [0.1, 0.15) is 25.3 Å². The first-order valence-electron chi connectivity index (χ1n) is 6.21. The van der Waals surface area contributed by atoms with Gasteiger partial charge < -0.3 is 15.3 Å². The molecular formula is C12H20N4O. The number of hydrogen-bond acceptors (Lipinski definition) is 5. The van der Waals surface area contributed by atoms with E-state index in [4.69, 9.17) is 0 Å². The van der Waals surface area contributed by atoms with Crippen molar-refractivity contribution in [1.29, 1.82) is 0 Å². The zero-order chi connectivity index (χ0) is 12.3. The van der Waals surface area contributed by atoms with Crippen LogP contribution < -0.4 is 10.2 Å². The van der Waals surface area contributed by atoms with Gasteiger partial charge in [-0.2, -0.15) is 0 Å². The van der Waals surface area contributed by atoms with Gasteiger partial charge in [0.25, 0.3) is 0 Å². The van der Waals surface area contributed by atoms with Crippen LogP contribution >= 0.6 is 0 Å². The molecule has 0 bridgehead atoms. The fourth-order valence-corrected chi connectivity index (χ4v) is 2.50. The van der Waals surface area contributed by atoms with Crippen LogP contribution in [0.5, 0.6) is 0 Å². The van der Waals surface area contributed by atoms with Crippen LogP contribution in [0.25, 0.3) is 0 Å². The van der Waals surface area contributed by atoms with E-state index < -0.39 is 0 Å². The van der Waals surface area contributed by atoms with Gasteiger partial charge in [-0.05, 0) is 19.3 Å². The number of anilines is 2. The van der Waals surface area contributed by atoms with Gasteiger partial charge in [0, 0.05) is 19.2 Å². The first kappa shape index (κ1) is 12.1. The summed E-state index contributed by atoms with van der Waals surface area (Å²) in [6.45, 7) is 3.27. The zero-order valence-electron chi connectivity index (χ0n) is 10.5. The summed E-state index contributed by atoms with van der Waals surface area (Å²) in [4.78, 5) is 10.9. The maximum absolute atomic E-state index is 9.39. The highest BCUT2D eigenvalue weighted by Gasteiger charge is 2.27. The normalized spacial score (nSPS) is 19.7. The lowest BCUT2D eigenvalue weighted by Gasteiger charge is -2.26. The van der Waals surface area contributed by atoms with Crippen molar-refractivity contribution in [2.24, 2.45) is 0 Å². The number of nitrogens with zero attached hydrogens (tertiary/aromatic N) is 3. The molecule has 1 saturated heterocycles. The maximum Gasteiger partial charge on any atom is 0.137 e. The van der Waals surface area contributed by atoms with E-state index in [-0.39, 0.29) is 12.6 Å². The van der Waals surface area contributed by atoms with Crippen LogP contribution in [-0.2, 0) is 6.42 Å². The lowest BCUT2D eigenvalue weighted by Crippen LogP contribution is -2.33. The van der Waals surface area contributed by atoms with Gasteiger partial charge in [-0.25, -0.2) is 9.97 Å². The molecule has 94 valence electrons. The van der Waals surface area contributed by atoms with Crippen LogP contribution in [0, 0.1) is 0 Å². The van der Waals surface area contributed by atoms with E-state index in [9.17, 15) is 5.11 Å². The number of aliphatic hydroxyl groups excluding tert-OH is 1. The van der Waals surface area contributed by atoms with Crippen molar-refractivity contribution in [1.82, 2.24) is 9.97 Å². The first-order valence-corrected chi connectivity index (χ1v) is 6.21. The van der Waals surface area contributed by atoms with E-state index in [2.05, 4.69) is 27.1 Å². The minimum Gasteiger partial charge on any atom is -0.394 e. The SMILES string of the molecule is CCc1c(NC)ncnc1N1CCCC1CO. The molecular weight excluding hydrogens is 216 g/mol. The third kappa shape index (κ3) is 2.20. The Kier molecular flexibility index (Phi) is 3.78. The molecule has 2 rings (SSSR count). The monoisotopic (exact) mass is 236 g/mol. The summed E-state index contributed by atoms with van der Waals surface area (Å²) in [7, 11) is 1.87. The van der Waals surface area contributed by atoms with Gasteiger partial charge in [-0.15, -0.1) is 0 Å². The van der Waals surface area contributed by atoms with Crippen molar-refractivity contribution in [2.75, 3.05) is 30.4 Å². The van der Waals surface area contributed by atoms with E-state index in [1.165, 1.54) is 0 Å². The van der Waals surface area contributed by atoms with Crippen LogP contribution in [-0.4, -0.2) is 41.3 Å². The van der Waals surface area contributed by atoms with Crippen molar-refractivity contribution in [3.63, 3.8) is 0 Å². The van der Waals surface area contributed by atoms with Gasteiger partial charge in [0.2, 0.25) is 0 Å². The lowest BCUT2D eigenvalue weighted by atomic mass is 10.2. The minimum atomic E-state index is 0.196. The largest absolute Gasteiger partial charge is 0.394 e. The van der Waals surface area contributed by atoms with Gasteiger partial charge in [0.15, 0.2) is 0 Å². The molecule has 0 amide bonds. The average molecular weight is 236 g/mol. The fourth-order valence-electron chi connectivity index (χ4n) is 2.50. The van der Waals surface area contributed by atoms with Gasteiger partial charge in [0.05, 0.1) is 12.6 Å². The molecule has 1 aliphatic heterocycles. The first-order chi connectivity index (χ1) is 8.31. The summed E-state index contributed by atoms with van der Waals surface area (Å²) in [5.41, 5.74) is 1.13. The number of nitrogens with one attached hydrogen (secondary N) is 1. The van der Waals surface area contributed by atoms with Gasteiger partial charge in [-0.3, -0.25) is 0 Å². The third-order valence-corrected chi connectivity index (χ3v) is 3.37. The van der Waals surface area contributed by atoms with Crippen molar-refractivity contribution in [3.05, 3.63) is 11.9 Å². The Morgan fingerprint density at radius 3 is 3.00 bits per heavy atom. The second kappa shape index (κ2) is 5.31. The highest BCUT2D eigenvalue weighted by atomic mass is 16.3. The minimum absolute atomic E-state index is 0.196. The van der Waals surface area contributed by atoms with Crippen molar-refractivity contribution < 1.29 is 5.11 Å². The van der Waals surface area contributed by atoms with Crippen molar-refractivity contribution in [3.8, 4) is 0 Å². The molecule has 1 aliphatic rings. The molecule has 2 heterocycles. The van der Waals surface area contributed by atoms with Crippen LogP contribution in [0.2, 0.25) is 0 Å². The highest BCUT2D eigenvalue weighted by molar-refractivity contribution is 5.59. The summed E-state index contributed by atoms with van der Waals surface area (Å²) in [6.07, 6.45) is 4.64. The molecule has 17 heavy (non-hydrogen) atoms. The van der Waals surface area contributed by atoms with Crippen molar-refractivity contribution >= 4 is 11.6 Å². The Labute approximate surface area is 102 Å². The highest BCUT2D eigenvalue weighted by Crippen LogP contribution is 2.29. The third-order valence-electron chi connectivity index (χ3n) is 3.37. The molecule has 1 aromatic heterocycles. The van der Waals surface area contributed by atoms with E-state index in [1.807, 2.05) is 7.05 Å². The topological polar surface area (TPSA) is 61.3 Å². The molecule has 1 unspecified atom stereocenters. The summed E-state index contributed by atoms with van der Waals surface area (Å²) in [6, 6.07) is 0.208. The summed E-state index contributed by atoms with van der Waals surface area (Å²) in [5, 5.41) is 12.5. The van der Waals surface area contributed by atoms with Crippen LogP contribution in [0.3, 0.4) is 0 Å². The molecule has 0 aliphatic carbocycles. The van der Waals surface area contributed by atoms with E-state index in [1.54, 1.807) is 6.33 Å². The molecule has 1 atom stereocenters. The Bertz CT molecular complexity index is 383. The molecule has 5 nitrogen and oxygen atoms in total. The van der Waals surface area contributed by atoms with Crippen LogP contribution in [0.4, 0.5) is 11.6 Å². The van der Waals surface area contributed by atoms with Gasteiger partial charge in [-0.1, -0.05) is 6.92 Å². The molecule has 0 radical (unpaired) electrons. The Balaban J connectivity index is 2.37. The maximum atomic E-state index is 9.39. The predicted octanol–water partition coefficient (Wildman–Crippen LogP) is 1.04. The standard InChI is InChI=1S/C12H20N4O/c1-3-10-11(13-2)14-8-15-12(10)16-6-4-5-9(16)7-17/h8-9,17H,3-7H2,1-2H3,(H,13,14,15). The molecule has 0 saturated carbocycles. The van der Waals surface area contributed by atoms with Crippen LogP contribution in [0.15, 0.2) is 6.33 Å². The lowest BCUT2D eigenvalue weighted by molar-refractivity contribution is 0.266. The number of rotatable bonds is 4. The number of hydrogen-bond donors (Lipinski definition) is 2. The van der Waals surface area contributed by atoms with Gasteiger partial charge >= 0.3 is 0 Å². The smallest absolute Gasteiger partial charge is 0.137 e. The molecule has 0 spiro atoms. The molecule has 0 aromatic carbocycles. The summed E-state index contributed by atoms with van der Waals surface area (Å²) in [5.74, 6) is 1.87. The number of aromatic nitrogens is 2. The molecule has 5 heteroatoms. The van der Waals surface area contributed by atoms with E-state index >= 15 is 0 Å².